The zero-order valence-corrected chi connectivity index (χ0v) is 13.4. The van der Waals surface area contributed by atoms with Crippen molar-refractivity contribution in [1.29, 1.82) is 0 Å². The van der Waals surface area contributed by atoms with Crippen LogP contribution in [0.3, 0.4) is 0 Å². The number of nitrogens with zero attached hydrogens (tertiary/aromatic N) is 1. The average molecular weight is 305 g/mol. The van der Waals surface area contributed by atoms with E-state index in [-0.39, 0.29) is 11.9 Å². The minimum atomic E-state index is -0.256. The van der Waals surface area contributed by atoms with Gasteiger partial charge in [-0.15, -0.1) is 0 Å². The van der Waals surface area contributed by atoms with Crippen molar-refractivity contribution in [1.82, 2.24) is 4.90 Å². The molecular formula is C17H23NO4. The third-order valence-corrected chi connectivity index (χ3v) is 3.99. The molecule has 120 valence electrons. The van der Waals surface area contributed by atoms with E-state index in [1.165, 1.54) is 19.6 Å². The standard InChI is InChI=1S/C17H23NO4/c1-12-11-14(12)15-8-6-13(22-15)7-9-16(19)18(2)10-4-5-17(20)21-3/h6-9,12,14H,4-5,10-11H2,1-3H3/b9-7+/t12-,14+/m0/s1. The van der Waals surface area contributed by atoms with E-state index in [1.807, 2.05) is 12.1 Å². The normalized spacial score (nSPS) is 20.1. The van der Waals surface area contributed by atoms with Gasteiger partial charge in [0.2, 0.25) is 5.91 Å². The topological polar surface area (TPSA) is 59.8 Å². The molecule has 0 bridgehead atoms. The minimum Gasteiger partial charge on any atom is -0.469 e. The Morgan fingerprint density at radius 3 is 2.82 bits per heavy atom. The smallest absolute Gasteiger partial charge is 0.305 e. The number of ether oxygens (including phenoxy) is 1. The summed E-state index contributed by atoms with van der Waals surface area (Å²) in [6.07, 6.45) is 5.28. The van der Waals surface area contributed by atoms with Gasteiger partial charge in [0.25, 0.3) is 0 Å². The molecule has 5 nitrogen and oxygen atoms in total. The summed E-state index contributed by atoms with van der Waals surface area (Å²) < 4.78 is 10.3. The molecular weight excluding hydrogens is 282 g/mol. The van der Waals surface area contributed by atoms with Crippen LogP contribution in [-0.2, 0) is 14.3 Å². The molecule has 0 radical (unpaired) electrons. The van der Waals surface area contributed by atoms with E-state index in [0.717, 1.165) is 5.76 Å². The number of hydrogen-bond acceptors (Lipinski definition) is 4. The highest BCUT2D eigenvalue weighted by molar-refractivity contribution is 5.91. The summed E-state index contributed by atoms with van der Waals surface area (Å²) in [6.45, 7) is 2.72. The Morgan fingerprint density at radius 2 is 2.18 bits per heavy atom. The predicted octanol–water partition coefficient (Wildman–Crippen LogP) is 2.83. The summed E-state index contributed by atoms with van der Waals surface area (Å²) in [7, 11) is 3.07. The van der Waals surface area contributed by atoms with Crippen molar-refractivity contribution < 1.29 is 18.7 Å². The summed E-state index contributed by atoms with van der Waals surface area (Å²) in [5.41, 5.74) is 0. The molecule has 0 N–H and O–H groups in total. The highest BCUT2D eigenvalue weighted by Gasteiger charge is 2.36. The Labute approximate surface area is 130 Å². The van der Waals surface area contributed by atoms with Gasteiger partial charge in [0, 0.05) is 32.0 Å². The molecule has 1 heterocycles. The lowest BCUT2D eigenvalue weighted by Crippen LogP contribution is -2.26. The van der Waals surface area contributed by atoms with Crippen LogP contribution in [0, 0.1) is 5.92 Å². The number of carbonyl (C=O) groups is 2. The van der Waals surface area contributed by atoms with Crippen molar-refractivity contribution in [3.05, 3.63) is 29.7 Å². The van der Waals surface area contributed by atoms with Gasteiger partial charge in [0.15, 0.2) is 0 Å². The largest absolute Gasteiger partial charge is 0.469 e. The second-order valence-corrected chi connectivity index (χ2v) is 5.83. The summed E-state index contributed by atoms with van der Waals surface area (Å²) in [5.74, 6) is 2.58. The van der Waals surface area contributed by atoms with Gasteiger partial charge in [0.05, 0.1) is 7.11 Å². The highest BCUT2D eigenvalue weighted by atomic mass is 16.5. The lowest BCUT2D eigenvalue weighted by atomic mass is 10.3. The first-order chi connectivity index (χ1) is 10.5. The first-order valence-electron chi connectivity index (χ1n) is 7.61. The summed E-state index contributed by atoms with van der Waals surface area (Å²) in [5, 5.41) is 0. The van der Waals surface area contributed by atoms with E-state index >= 15 is 0 Å². The van der Waals surface area contributed by atoms with E-state index in [0.29, 0.717) is 37.0 Å². The van der Waals surface area contributed by atoms with Gasteiger partial charge in [-0.2, -0.15) is 0 Å². The fourth-order valence-electron chi connectivity index (χ4n) is 2.33. The number of furan rings is 1. The molecule has 1 saturated carbocycles. The second-order valence-electron chi connectivity index (χ2n) is 5.83. The summed E-state index contributed by atoms with van der Waals surface area (Å²) >= 11 is 0. The van der Waals surface area contributed by atoms with E-state index in [9.17, 15) is 9.59 Å². The number of likely N-dealkylation sites (N-methyl/N-ethyl adjacent to an activating group) is 1. The lowest BCUT2D eigenvalue weighted by Gasteiger charge is -2.14. The lowest BCUT2D eigenvalue weighted by molar-refractivity contribution is -0.141. The average Bonchev–Trinajstić information content (AvgIpc) is 3.05. The van der Waals surface area contributed by atoms with Crippen LogP contribution in [-0.4, -0.2) is 37.5 Å². The third-order valence-electron chi connectivity index (χ3n) is 3.99. The molecule has 2 rings (SSSR count). The zero-order chi connectivity index (χ0) is 16.1. The quantitative estimate of drug-likeness (QED) is 0.574. The van der Waals surface area contributed by atoms with Gasteiger partial charge in [-0.3, -0.25) is 9.59 Å². The Morgan fingerprint density at radius 1 is 1.45 bits per heavy atom. The fourth-order valence-corrected chi connectivity index (χ4v) is 2.33. The van der Waals surface area contributed by atoms with Crippen LogP contribution in [0.2, 0.25) is 0 Å². The Balaban J connectivity index is 1.77. The molecule has 2 atom stereocenters. The van der Waals surface area contributed by atoms with Crippen LogP contribution >= 0.6 is 0 Å². The maximum atomic E-state index is 11.9. The first kappa shape index (κ1) is 16.3. The van der Waals surface area contributed by atoms with Crippen molar-refractivity contribution in [2.75, 3.05) is 20.7 Å². The number of methoxy groups -OCH3 is 1. The van der Waals surface area contributed by atoms with Gasteiger partial charge in [-0.1, -0.05) is 6.92 Å². The van der Waals surface area contributed by atoms with Gasteiger partial charge in [-0.25, -0.2) is 0 Å². The van der Waals surface area contributed by atoms with Crippen molar-refractivity contribution in [2.24, 2.45) is 5.92 Å². The number of esters is 1. The number of rotatable bonds is 7. The maximum absolute atomic E-state index is 11.9. The number of hydrogen-bond donors (Lipinski definition) is 0. The molecule has 0 aliphatic heterocycles. The van der Waals surface area contributed by atoms with E-state index in [2.05, 4.69) is 11.7 Å². The monoisotopic (exact) mass is 305 g/mol. The van der Waals surface area contributed by atoms with E-state index in [1.54, 1.807) is 18.0 Å². The summed E-state index contributed by atoms with van der Waals surface area (Å²) in [6, 6.07) is 3.87. The maximum Gasteiger partial charge on any atom is 0.305 e. The zero-order valence-electron chi connectivity index (χ0n) is 13.4. The van der Waals surface area contributed by atoms with Crippen LogP contribution in [0.1, 0.15) is 43.6 Å². The Hall–Kier alpha value is -2.04. The molecule has 1 aromatic rings. The van der Waals surface area contributed by atoms with Gasteiger partial charge < -0.3 is 14.1 Å². The molecule has 0 aromatic carbocycles. The van der Waals surface area contributed by atoms with Crippen LogP contribution < -0.4 is 0 Å². The third kappa shape index (κ3) is 4.48. The van der Waals surface area contributed by atoms with Gasteiger partial charge in [0.1, 0.15) is 11.5 Å². The molecule has 1 fully saturated rings. The SMILES string of the molecule is COC(=O)CCCN(C)C(=O)/C=C/c1ccc([C@@H]2C[C@@H]2C)o1. The second kappa shape index (κ2) is 7.29. The van der Waals surface area contributed by atoms with Crippen LogP contribution in [0.5, 0.6) is 0 Å². The van der Waals surface area contributed by atoms with Crippen molar-refractivity contribution in [2.45, 2.75) is 32.1 Å². The molecule has 0 saturated heterocycles. The van der Waals surface area contributed by atoms with Crippen LogP contribution in [0.25, 0.3) is 6.08 Å². The number of carbonyl (C=O) groups excluding carboxylic acids is 2. The van der Waals surface area contributed by atoms with Crippen LogP contribution in [0.15, 0.2) is 22.6 Å². The molecule has 1 aromatic heterocycles. The first-order valence-corrected chi connectivity index (χ1v) is 7.61. The van der Waals surface area contributed by atoms with Crippen molar-refractivity contribution in [3.63, 3.8) is 0 Å². The van der Waals surface area contributed by atoms with Crippen molar-refractivity contribution >= 4 is 18.0 Å². The van der Waals surface area contributed by atoms with Gasteiger partial charge in [-0.05, 0) is 37.0 Å². The molecule has 1 amide bonds. The fraction of sp³-hybridized carbons (Fsp3) is 0.529. The van der Waals surface area contributed by atoms with E-state index < -0.39 is 0 Å². The van der Waals surface area contributed by atoms with E-state index in [4.69, 9.17) is 4.42 Å². The molecule has 22 heavy (non-hydrogen) atoms. The molecule has 1 aliphatic carbocycles. The molecule has 0 spiro atoms. The van der Waals surface area contributed by atoms with Gasteiger partial charge >= 0.3 is 5.97 Å². The number of amides is 1. The van der Waals surface area contributed by atoms with Crippen LogP contribution in [0.4, 0.5) is 0 Å². The summed E-state index contributed by atoms with van der Waals surface area (Å²) in [4.78, 5) is 24.5. The molecule has 5 heteroatoms. The Bertz CT molecular complexity index is 561. The Kier molecular flexibility index (Phi) is 5.41. The van der Waals surface area contributed by atoms with Crippen molar-refractivity contribution in [3.8, 4) is 0 Å². The predicted molar refractivity (Wildman–Crippen MR) is 83.2 cm³/mol. The highest BCUT2D eigenvalue weighted by Crippen LogP contribution is 2.47. The minimum absolute atomic E-state index is 0.109. The molecule has 0 unspecified atom stereocenters. The molecule has 1 aliphatic rings.